The Balaban J connectivity index is 1.34. The molecule has 2 unspecified atom stereocenters. The number of hydrogen-bond acceptors (Lipinski definition) is 7. The van der Waals surface area contributed by atoms with Gasteiger partial charge in [0.25, 0.3) is 5.91 Å². The molecule has 2 aromatic rings. The van der Waals surface area contributed by atoms with Gasteiger partial charge in [-0.2, -0.15) is 11.8 Å². The fourth-order valence-electron chi connectivity index (χ4n) is 5.20. The lowest BCUT2D eigenvalue weighted by Gasteiger charge is -2.23. The van der Waals surface area contributed by atoms with Crippen molar-refractivity contribution in [1.82, 2.24) is 0 Å². The molecule has 1 fully saturated rings. The van der Waals surface area contributed by atoms with E-state index in [1.807, 2.05) is 6.07 Å². The van der Waals surface area contributed by atoms with Crippen LogP contribution in [0, 0.1) is 11.8 Å². The summed E-state index contributed by atoms with van der Waals surface area (Å²) in [5.41, 5.74) is 1.18. The van der Waals surface area contributed by atoms with Crippen LogP contribution in [0.3, 0.4) is 0 Å². The second-order valence-electron chi connectivity index (χ2n) is 11.2. The number of esters is 1. The van der Waals surface area contributed by atoms with Crippen LogP contribution in [0.2, 0.25) is 0 Å². The van der Waals surface area contributed by atoms with Gasteiger partial charge in [-0.05, 0) is 68.0 Å². The Bertz CT molecular complexity index is 1090. The molecule has 0 radical (unpaired) electrons. The summed E-state index contributed by atoms with van der Waals surface area (Å²) in [6, 6.07) is 15.7. The van der Waals surface area contributed by atoms with Crippen LogP contribution in [0.15, 0.2) is 54.6 Å². The van der Waals surface area contributed by atoms with Gasteiger partial charge in [0.15, 0.2) is 0 Å². The van der Waals surface area contributed by atoms with Gasteiger partial charge in [-0.25, -0.2) is 0 Å². The number of hydrogen-bond donors (Lipinski definition) is 3. The highest BCUT2D eigenvalue weighted by Crippen LogP contribution is 2.37. The van der Waals surface area contributed by atoms with Crippen molar-refractivity contribution in [1.29, 1.82) is 0 Å². The van der Waals surface area contributed by atoms with Crippen LogP contribution in [0.5, 0.6) is 5.75 Å². The average molecular weight is 584 g/mol. The molecule has 1 aliphatic carbocycles. The van der Waals surface area contributed by atoms with Gasteiger partial charge < -0.3 is 20.3 Å². The number of ketones is 1. The topological polar surface area (TPSA) is 113 Å². The number of thioether (sulfide) groups is 1. The van der Waals surface area contributed by atoms with Crippen molar-refractivity contribution in [2.24, 2.45) is 11.8 Å². The Morgan fingerprint density at radius 3 is 2.46 bits per heavy atom. The molecule has 0 heterocycles. The second-order valence-corrected chi connectivity index (χ2v) is 12.4. The Kier molecular flexibility index (Phi) is 13.9. The van der Waals surface area contributed by atoms with Crippen molar-refractivity contribution in [3.8, 4) is 5.75 Å². The molecule has 8 heteroatoms. The lowest BCUT2D eigenvalue weighted by atomic mass is 9.92. The highest BCUT2D eigenvalue weighted by Gasteiger charge is 2.41. The zero-order valence-corrected chi connectivity index (χ0v) is 25.1. The molecule has 0 spiro atoms. The quantitative estimate of drug-likeness (QED) is 0.112. The molecule has 0 bridgehead atoms. The van der Waals surface area contributed by atoms with E-state index in [1.165, 1.54) is 0 Å². The van der Waals surface area contributed by atoms with Crippen LogP contribution >= 0.6 is 11.8 Å². The van der Waals surface area contributed by atoms with Crippen LogP contribution < -0.4 is 10.1 Å². The SMILES string of the molecule is CCCCCC(O)CS[C@H]1[C@H](O)CC(=O)[C@@H]1CCC(C)CCCC(=O)Oc1ccc(NC(=O)c2ccccc2)cc1. The highest BCUT2D eigenvalue weighted by atomic mass is 32.2. The summed E-state index contributed by atoms with van der Waals surface area (Å²) in [5, 5.41) is 23.4. The summed E-state index contributed by atoms with van der Waals surface area (Å²) in [6.07, 6.45) is 6.55. The van der Waals surface area contributed by atoms with Crippen LogP contribution in [-0.2, 0) is 9.59 Å². The molecular weight excluding hydrogens is 538 g/mol. The summed E-state index contributed by atoms with van der Waals surface area (Å²) in [7, 11) is 0. The Morgan fingerprint density at radius 2 is 1.76 bits per heavy atom. The van der Waals surface area contributed by atoms with Crippen LogP contribution in [-0.4, -0.2) is 51.1 Å². The normalized spacial score (nSPS) is 20.0. The van der Waals surface area contributed by atoms with Gasteiger partial charge in [-0.15, -0.1) is 0 Å². The fraction of sp³-hybridized carbons (Fsp3) is 0.545. The number of carbonyl (C=O) groups excluding carboxylic acids is 3. The fourth-order valence-corrected chi connectivity index (χ4v) is 6.65. The highest BCUT2D eigenvalue weighted by molar-refractivity contribution is 8.00. The van der Waals surface area contributed by atoms with E-state index < -0.39 is 12.2 Å². The smallest absolute Gasteiger partial charge is 0.311 e. The third-order valence-electron chi connectivity index (χ3n) is 7.65. The molecule has 0 saturated heterocycles. The van der Waals surface area contributed by atoms with Gasteiger partial charge in [0.2, 0.25) is 0 Å². The molecule has 7 nitrogen and oxygen atoms in total. The number of carbonyl (C=O) groups is 3. The molecule has 41 heavy (non-hydrogen) atoms. The molecule has 1 amide bonds. The molecule has 5 atom stereocenters. The number of nitrogens with one attached hydrogen (secondary N) is 1. The maximum Gasteiger partial charge on any atom is 0.311 e. The second kappa shape index (κ2) is 17.3. The number of aliphatic hydroxyl groups excluding tert-OH is 2. The first-order valence-corrected chi connectivity index (χ1v) is 16.0. The summed E-state index contributed by atoms with van der Waals surface area (Å²) in [5.74, 6) is 0.759. The minimum atomic E-state index is -0.639. The molecule has 224 valence electrons. The van der Waals surface area contributed by atoms with Crippen molar-refractivity contribution in [3.05, 3.63) is 60.2 Å². The van der Waals surface area contributed by atoms with E-state index in [-0.39, 0.29) is 35.2 Å². The van der Waals surface area contributed by atoms with Crippen LogP contribution in [0.4, 0.5) is 5.69 Å². The monoisotopic (exact) mass is 583 g/mol. The van der Waals surface area contributed by atoms with Crippen LogP contribution in [0.25, 0.3) is 0 Å². The van der Waals surface area contributed by atoms with Crippen molar-refractivity contribution >= 4 is 35.1 Å². The van der Waals surface area contributed by atoms with Crippen LogP contribution in [0.1, 0.15) is 88.4 Å². The Hall–Kier alpha value is -2.68. The van der Waals surface area contributed by atoms with Gasteiger partial charge >= 0.3 is 5.97 Å². The molecule has 0 aliphatic heterocycles. The van der Waals surface area contributed by atoms with Crippen molar-refractivity contribution < 1.29 is 29.3 Å². The molecule has 3 N–H and O–H groups in total. The zero-order chi connectivity index (χ0) is 29.6. The molecule has 1 aliphatic rings. The van der Waals surface area contributed by atoms with E-state index >= 15 is 0 Å². The first-order valence-electron chi connectivity index (χ1n) is 14.9. The van der Waals surface area contributed by atoms with E-state index in [0.29, 0.717) is 41.5 Å². The third-order valence-corrected chi connectivity index (χ3v) is 9.25. The first kappa shape index (κ1) is 32.8. The number of aliphatic hydroxyl groups is 2. The first-order chi connectivity index (χ1) is 19.8. The Labute approximate surface area is 248 Å². The van der Waals surface area contributed by atoms with E-state index in [1.54, 1.807) is 60.3 Å². The summed E-state index contributed by atoms with van der Waals surface area (Å²) >= 11 is 1.54. The molecule has 2 aromatic carbocycles. The van der Waals surface area contributed by atoms with E-state index in [4.69, 9.17) is 4.74 Å². The van der Waals surface area contributed by atoms with Gasteiger partial charge in [-0.3, -0.25) is 14.4 Å². The number of ether oxygens (including phenoxy) is 1. The number of amides is 1. The minimum absolute atomic E-state index is 0.122. The summed E-state index contributed by atoms with van der Waals surface area (Å²) in [6.45, 7) is 4.26. The van der Waals surface area contributed by atoms with Crippen molar-refractivity contribution in [2.45, 2.75) is 95.5 Å². The number of Topliss-reactive ketones (excluding diaryl/α,β-unsaturated/α-hetero) is 1. The maximum atomic E-state index is 12.6. The van der Waals surface area contributed by atoms with Crippen molar-refractivity contribution in [3.63, 3.8) is 0 Å². The number of rotatable bonds is 17. The summed E-state index contributed by atoms with van der Waals surface area (Å²) in [4.78, 5) is 37.2. The lowest BCUT2D eigenvalue weighted by molar-refractivity contribution is -0.134. The minimum Gasteiger partial charge on any atom is -0.427 e. The zero-order valence-electron chi connectivity index (χ0n) is 24.3. The van der Waals surface area contributed by atoms with Gasteiger partial charge in [-0.1, -0.05) is 57.7 Å². The standard InChI is InChI=1S/C33H45NO6S/c1-3-4-6-13-26(35)22-41-32-28(29(36)21-30(32)37)20-15-23(2)10-9-14-31(38)40-27-18-16-25(17-19-27)34-33(39)24-11-7-5-8-12-24/h5,7-8,11-12,16-19,23,26,28,30,32,35,37H,3-4,6,9-10,13-15,20-22H2,1-2H3,(H,34,39)/t23?,26?,28-,30+,32+/m0/s1. The average Bonchev–Trinajstić information content (AvgIpc) is 3.23. The molecule has 3 rings (SSSR count). The van der Waals surface area contributed by atoms with Gasteiger partial charge in [0, 0.05) is 41.0 Å². The van der Waals surface area contributed by atoms with Gasteiger partial charge in [0.1, 0.15) is 11.5 Å². The third kappa shape index (κ3) is 11.3. The van der Waals surface area contributed by atoms with E-state index in [0.717, 1.165) is 44.9 Å². The number of anilines is 1. The maximum absolute atomic E-state index is 12.6. The molecule has 0 aromatic heterocycles. The molecular formula is C33H45NO6S. The van der Waals surface area contributed by atoms with E-state index in [2.05, 4.69) is 19.2 Å². The largest absolute Gasteiger partial charge is 0.427 e. The van der Waals surface area contributed by atoms with E-state index in [9.17, 15) is 24.6 Å². The van der Waals surface area contributed by atoms with Crippen molar-refractivity contribution in [2.75, 3.05) is 11.1 Å². The lowest BCUT2D eigenvalue weighted by Crippen LogP contribution is -2.26. The number of benzene rings is 2. The van der Waals surface area contributed by atoms with Gasteiger partial charge in [0.05, 0.1) is 12.2 Å². The predicted octanol–water partition coefficient (Wildman–Crippen LogP) is 6.42. The number of unbranched alkanes of at least 4 members (excludes halogenated alkanes) is 2. The molecule has 1 saturated carbocycles. The predicted molar refractivity (Wildman–Crippen MR) is 164 cm³/mol. The Morgan fingerprint density at radius 1 is 1.02 bits per heavy atom. The summed E-state index contributed by atoms with van der Waals surface area (Å²) < 4.78 is 5.45.